The van der Waals surface area contributed by atoms with E-state index < -0.39 is 23.4 Å². The van der Waals surface area contributed by atoms with Gasteiger partial charge in [-0.1, -0.05) is 0 Å². The van der Waals surface area contributed by atoms with Crippen LogP contribution in [0.1, 0.15) is 0 Å². The van der Waals surface area contributed by atoms with Crippen LogP contribution in [0.4, 0.5) is 0 Å². The van der Waals surface area contributed by atoms with Gasteiger partial charge in [0.2, 0.25) is 0 Å². The Hall–Kier alpha value is -1.72. The van der Waals surface area contributed by atoms with Gasteiger partial charge in [-0.2, -0.15) is 0 Å². The fraction of sp³-hybridized carbons (Fsp3) is 0. The predicted octanol–water partition coefficient (Wildman–Crippen LogP) is -1.72. The lowest BCUT2D eigenvalue weighted by Gasteiger charge is -2.18. The van der Waals surface area contributed by atoms with Gasteiger partial charge >= 0.3 is 0 Å². The van der Waals surface area contributed by atoms with Crippen LogP contribution in [0.25, 0.3) is 0 Å². The molecule has 0 amide bonds. The number of aliphatic hydroxyl groups excluding tert-OH is 2. The van der Waals surface area contributed by atoms with E-state index in [0.717, 1.165) is 0 Å². The van der Waals surface area contributed by atoms with E-state index in [1.54, 1.807) is 0 Å². The van der Waals surface area contributed by atoms with Crippen LogP contribution in [0.5, 0.6) is 0 Å². The van der Waals surface area contributed by atoms with Crippen LogP contribution in [-0.2, 0) is 0 Å². The fourth-order valence-electron chi connectivity index (χ4n) is 0.203. The Kier molecular flexibility index (Phi) is 2.25. The molecule has 10 heavy (non-hydrogen) atoms. The molecule has 0 bridgehead atoms. The molecule has 6 nitrogen and oxygen atoms in total. The lowest BCUT2D eigenvalue weighted by Crippen LogP contribution is -2.21. The third kappa shape index (κ3) is 1.66. The number of hydrogen-bond donors (Lipinski definition) is 4. The van der Waals surface area contributed by atoms with Crippen LogP contribution in [0, 0.1) is 0 Å². The fourth-order valence-corrected chi connectivity index (χ4v) is 0.203. The van der Waals surface area contributed by atoms with E-state index in [1.165, 1.54) is 0 Å². The first-order chi connectivity index (χ1) is 4.46. The van der Waals surface area contributed by atoms with Gasteiger partial charge in [0.25, 0.3) is 11.9 Å². The summed E-state index contributed by atoms with van der Waals surface area (Å²) in [7, 11) is 0. The third-order valence-corrected chi connectivity index (χ3v) is 0.612. The molecule has 0 atom stereocenters. The first-order valence-electron chi connectivity index (χ1n) is 2.05. The van der Waals surface area contributed by atoms with Crippen LogP contribution in [0.3, 0.4) is 0 Å². The molecule has 0 aliphatic rings. The minimum Gasteiger partial charge on any atom is -0.868 e. The number of rotatable bonds is 1. The van der Waals surface area contributed by atoms with Crippen molar-refractivity contribution in [3.63, 3.8) is 0 Å². The largest absolute Gasteiger partial charge is 0.868 e. The third-order valence-electron chi connectivity index (χ3n) is 0.612. The highest BCUT2D eigenvalue weighted by Gasteiger charge is 1.93. The van der Waals surface area contributed by atoms with Gasteiger partial charge in [-0.3, -0.25) is 0 Å². The smallest absolute Gasteiger partial charge is 0.265 e. The van der Waals surface area contributed by atoms with Crippen molar-refractivity contribution in [2.24, 2.45) is 0 Å². The zero-order chi connectivity index (χ0) is 8.31. The maximum Gasteiger partial charge on any atom is 0.265 e. The molecule has 0 radical (unpaired) electrons. The van der Waals surface area contributed by atoms with E-state index in [0.29, 0.717) is 0 Å². The van der Waals surface area contributed by atoms with Crippen molar-refractivity contribution in [1.82, 2.24) is 0 Å². The summed E-state index contributed by atoms with van der Waals surface area (Å²) in [5.41, 5.74) is 0. The molecular weight excluding hydrogens is 144 g/mol. The van der Waals surface area contributed by atoms with Gasteiger partial charge < -0.3 is 30.6 Å². The van der Waals surface area contributed by atoms with Crippen LogP contribution in [0.2, 0.25) is 0 Å². The van der Waals surface area contributed by atoms with E-state index in [4.69, 9.17) is 20.4 Å². The summed E-state index contributed by atoms with van der Waals surface area (Å²) >= 11 is 0. The number of hydrogen-bond acceptors (Lipinski definition) is 6. The average molecular weight is 148 g/mol. The summed E-state index contributed by atoms with van der Waals surface area (Å²) in [5.74, 6) is -7.07. The second kappa shape index (κ2) is 2.72. The Morgan fingerprint density at radius 1 is 0.700 bits per heavy atom. The summed E-state index contributed by atoms with van der Waals surface area (Å²) in [6, 6.07) is 0. The van der Waals surface area contributed by atoms with Crippen LogP contribution in [-0.4, -0.2) is 20.4 Å². The van der Waals surface area contributed by atoms with Crippen LogP contribution in [0.15, 0.2) is 23.4 Å². The quantitative estimate of drug-likeness (QED) is 0.258. The van der Waals surface area contributed by atoms with Gasteiger partial charge in [-0.25, -0.2) is 0 Å². The van der Waals surface area contributed by atoms with E-state index in [-0.39, 0.29) is 0 Å². The molecule has 0 saturated heterocycles. The molecule has 4 N–H and O–H groups in total. The van der Waals surface area contributed by atoms with Crippen molar-refractivity contribution in [3.05, 3.63) is 23.4 Å². The van der Waals surface area contributed by atoms with Gasteiger partial charge in [-0.15, -0.1) is 0 Å². The topological polar surface area (TPSA) is 127 Å². The van der Waals surface area contributed by atoms with E-state index in [2.05, 4.69) is 0 Å². The highest BCUT2D eigenvalue weighted by Crippen LogP contribution is 2.00. The van der Waals surface area contributed by atoms with Gasteiger partial charge in [0, 0.05) is 0 Å². The molecule has 58 valence electrons. The molecule has 0 saturated carbocycles. The Morgan fingerprint density at radius 2 is 0.900 bits per heavy atom. The van der Waals surface area contributed by atoms with Crippen molar-refractivity contribution >= 4 is 0 Å². The standard InChI is InChI=1S/C4H6O6/c5-1(3(7)8)2(6)4(9)10/h5-10H/p-2. The first-order valence-corrected chi connectivity index (χ1v) is 2.05. The molecule has 0 aromatic carbocycles. The molecule has 0 spiro atoms. The summed E-state index contributed by atoms with van der Waals surface area (Å²) in [5, 5.41) is 51.7. The van der Waals surface area contributed by atoms with E-state index in [1.807, 2.05) is 0 Å². The predicted molar refractivity (Wildman–Crippen MR) is 24.6 cm³/mol. The van der Waals surface area contributed by atoms with Crippen LogP contribution < -0.4 is 10.2 Å². The van der Waals surface area contributed by atoms with Crippen molar-refractivity contribution in [1.29, 1.82) is 0 Å². The maximum atomic E-state index is 10.1. The first kappa shape index (κ1) is 8.28. The minimum absolute atomic E-state index is 1.76. The lowest BCUT2D eigenvalue weighted by molar-refractivity contribution is -0.376. The summed E-state index contributed by atoms with van der Waals surface area (Å²) in [4.78, 5) is 0. The summed E-state index contributed by atoms with van der Waals surface area (Å²) < 4.78 is 0. The molecule has 0 heterocycles. The summed E-state index contributed by atoms with van der Waals surface area (Å²) in [6.07, 6.45) is 0. The Balaban J connectivity index is 4.71. The molecular formula is C4H4O6-2. The minimum atomic E-state index is -1.77. The highest BCUT2D eigenvalue weighted by atomic mass is 16.5. The van der Waals surface area contributed by atoms with Gasteiger partial charge in [0.1, 0.15) is 0 Å². The molecule has 0 fully saturated rings. The van der Waals surface area contributed by atoms with Crippen molar-refractivity contribution in [3.8, 4) is 0 Å². The van der Waals surface area contributed by atoms with Gasteiger partial charge in [0.15, 0.2) is 0 Å². The van der Waals surface area contributed by atoms with Gasteiger partial charge in [0.05, 0.1) is 0 Å². The molecule has 0 unspecified atom stereocenters. The average Bonchev–Trinajstić information content (AvgIpc) is 1.84. The number of aliphatic hydroxyl groups is 4. The molecule has 0 aromatic heterocycles. The van der Waals surface area contributed by atoms with E-state index in [9.17, 15) is 10.2 Å². The molecule has 0 aromatic rings. The summed E-state index contributed by atoms with van der Waals surface area (Å²) in [6.45, 7) is 0. The molecule has 0 aliphatic carbocycles. The molecule has 6 heteroatoms. The molecule has 0 aliphatic heterocycles. The van der Waals surface area contributed by atoms with E-state index >= 15 is 0 Å². The molecule has 0 rings (SSSR count). The Morgan fingerprint density at radius 3 is 1.00 bits per heavy atom. The van der Waals surface area contributed by atoms with Crippen molar-refractivity contribution in [2.45, 2.75) is 0 Å². The van der Waals surface area contributed by atoms with Crippen molar-refractivity contribution in [2.75, 3.05) is 0 Å². The normalized spacial score (nSPS) is 8.40. The second-order valence-electron chi connectivity index (χ2n) is 1.31. The zero-order valence-electron chi connectivity index (χ0n) is 4.61. The van der Waals surface area contributed by atoms with Gasteiger partial charge in [-0.05, 0) is 11.5 Å². The monoisotopic (exact) mass is 148 g/mol. The Bertz CT molecular complexity index is 160. The second-order valence-corrected chi connectivity index (χ2v) is 1.31. The van der Waals surface area contributed by atoms with Crippen LogP contribution >= 0.6 is 0 Å². The highest BCUT2D eigenvalue weighted by molar-refractivity contribution is 5.14. The van der Waals surface area contributed by atoms with Crippen molar-refractivity contribution < 1.29 is 30.6 Å². The lowest BCUT2D eigenvalue weighted by atomic mass is 10.4. The SMILES string of the molecule is [O-]C(=C(O)O)C([O-])=C(O)O. The maximum absolute atomic E-state index is 10.1. The Labute approximate surface area is 55.2 Å². The zero-order valence-corrected chi connectivity index (χ0v) is 4.61.